The van der Waals surface area contributed by atoms with E-state index in [1.54, 1.807) is 24.3 Å². The van der Waals surface area contributed by atoms with Crippen molar-refractivity contribution < 1.29 is 8.78 Å². The van der Waals surface area contributed by atoms with Crippen LogP contribution in [0.2, 0.25) is 0 Å². The van der Waals surface area contributed by atoms with Crippen molar-refractivity contribution in [3.8, 4) is 0 Å². The molecule has 0 aliphatic heterocycles. The van der Waals surface area contributed by atoms with E-state index in [-0.39, 0.29) is 5.57 Å². The van der Waals surface area contributed by atoms with E-state index in [9.17, 15) is 8.78 Å². The van der Waals surface area contributed by atoms with Crippen LogP contribution in [0.4, 0.5) is 8.78 Å². The number of rotatable bonds is 4. The van der Waals surface area contributed by atoms with E-state index in [1.807, 2.05) is 13.0 Å². The van der Waals surface area contributed by atoms with E-state index in [0.29, 0.717) is 12.0 Å². The van der Waals surface area contributed by atoms with Crippen molar-refractivity contribution in [1.29, 1.82) is 0 Å². The summed E-state index contributed by atoms with van der Waals surface area (Å²) in [4.78, 5) is 0. The van der Waals surface area contributed by atoms with Crippen LogP contribution < -0.4 is 0 Å². The zero-order chi connectivity index (χ0) is 10.4. The molecule has 0 aliphatic carbocycles. The Balaban J connectivity index is 2.86. The number of unbranched alkanes of at least 4 members (excludes halogenated alkanes) is 1. The molecule has 0 spiro atoms. The number of benzene rings is 1. The van der Waals surface area contributed by atoms with Gasteiger partial charge in [0.1, 0.15) is 0 Å². The van der Waals surface area contributed by atoms with Gasteiger partial charge in [0, 0.05) is 5.57 Å². The van der Waals surface area contributed by atoms with Crippen LogP contribution in [0.5, 0.6) is 0 Å². The van der Waals surface area contributed by atoms with Crippen molar-refractivity contribution in [3.05, 3.63) is 42.0 Å². The second-order valence-corrected chi connectivity index (χ2v) is 3.21. The summed E-state index contributed by atoms with van der Waals surface area (Å²) < 4.78 is 25.2. The lowest BCUT2D eigenvalue weighted by molar-refractivity contribution is 0.422. The molecule has 0 heterocycles. The minimum atomic E-state index is -1.55. The maximum atomic E-state index is 12.6. The number of hydrogen-bond acceptors (Lipinski definition) is 0. The molecule has 0 N–H and O–H groups in total. The third kappa shape index (κ3) is 2.95. The lowest BCUT2D eigenvalue weighted by Gasteiger charge is -2.05. The molecule has 1 aromatic carbocycles. The highest BCUT2D eigenvalue weighted by molar-refractivity contribution is 5.65. The largest absolute Gasteiger partial charge is 0.274 e. The predicted octanol–water partition coefficient (Wildman–Crippen LogP) is 4.48. The van der Waals surface area contributed by atoms with Crippen molar-refractivity contribution >= 4 is 5.57 Å². The van der Waals surface area contributed by atoms with E-state index in [2.05, 4.69) is 0 Å². The second kappa shape index (κ2) is 5.53. The quantitative estimate of drug-likeness (QED) is 0.665. The lowest BCUT2D eigenvalue weighted by Crippen LogP contribution is -1.86. The Labute approximate surface area is 83.3 Å². The standard InChI is InChI=1S/C12H14F2/c1-2-3-9-11(12(13)14)10-7-5-4-6-8-10/h4-8H,2-3,9H2,1H3. The van der Waals surface area contributed by atoms with E-state index in [4.69, 9.17) is 0 Å². The molecule has 76 valence electrons. The Morgan fingerprint density at radius 2 is 1.79 bits per heavy atom. The molecule has 0 bridgehead atoms. The molecular formula is C12H14F2. The summed E-state index contributed by atoms with van der Waals surface area (Å²) in [5.41, 5.74) is 0.827. The molecule has 1 aromatic rings. The van der Waals surface area contributed by atoms with Crippen LogP contribution in [0.15, 0.2) is 36.4 Å². The molecular weight excluding hydrogens is 182 g/mol. The summed E-state index contributed by atoms with van der Waals surface area (Å²) >= 11 is 0. The van der Waals surface area contributed by atoms with Gasteiger partial charge in [-0.25, -0.2) is 0 Å². The summed E-state index contributed by atoms with van der Waals surface area (Å²) in [6.07, 6.45) is 0.651. The molecule has 0 atom stereocenters. The van der Waals surface area contributed by atoms with Crippen molar-refractivity contribution in [3.63, 3.8) is 0 Å². The smallest absolute Gasteiger partial charge is 0.173 e. The summed E-state index contributed by atoms with van der Waals surface area (Å²) in [6.45, 7) is 2.00. The molecule has 0 saturated carbocycles. The first-order valence-corrected chi connectivity index (χ1v) is 4.85. The van der Waals surface area contributed by atoms with Crippen LogP contribution in [0.25, 0.3) is 5.57 Å². The summed E-state index contributed by atoms with van der Waals surface area (Å²) in [6, 6.07) is 8.85. The Bertz CT molecular complexity index is 297. The molecule has 0 nitrogen and oxygen atoms in total. The average molecular weight is 196 g/mol. The van der Waals surface area contributed by atoms with E-state index in [0.717, 1.165) is 12.8 Å². The van der Waals surface area contributed by atoms with Gasteiger partial charge in [0.05, 0.1) is 0 Å². The van der Waals surface area contributed by atoms with Gasteiger partial charge in [-0.3, -0.25) is 0 Å². The van der Waals surface area contributed by atoms with Gasteiger partial charge in [0.15, 0.2) is 0 Å². The normalized spacial score (nSPS) is 9.93. The molecule has 0 aliphatic rings. The highest BCUT2D eigenvalue weighted by Crippen LogP contribution is 2.25. The molecule has 0 unspecified atom stereocenters. The van der Waals surface area contributed by atoms with Gasteiger partial charge < -0.3 is 0 Å². The summed E-state index contributed by atoms with van der Waals surface area (Å²) in [5.74, 6) is 0. The maximum absolute atomic E-state index is 12.6. The number of allylic oxidation sites excluding steroid dienone is 1. The fraction of sp³-hybridized carbons (Fsp3) is 0.333. The van der Waals surface area contributed by atoms with E-state index < -0.39 is 6.08 Å². The molecule has 2 heteroatoms. The van der Waals surface area contributed by atoms with E-state index in [1.165, 1.54) is 0 Å². The lowest BCUT2D eigenvalue weighted by atomic mass is 10.0. The Morgan fingerprint density at radius 3 is 2.29 bits per heavy atom. The number of hydrogen-bond donors (Lipinski definition) is 0. The molecule has 0 aromatic heterocycles. The second-order valence-electron chi connectivity index (χ2n) is 3.21. The minimum absolute atomic E-state index is 0.187. The highest BCUT2D eigenvalue weighted by atomic mass is 19.3. The van der Waals surface area contributed by atoms with Gasteiger partial charge in [-0.2, -0.15) is 8.78 Å². The predicted molar refractivity (Wildman–Crippen MR) is 55.1 cm³/mol. The average Bonchev–Trinajstić information content (AvgIpc) is 2.19. The zero-order valence-electron chi connectivity index (χ0n) is 8.26. The third-order valence-corrected chi connectivity index (χ3v) is 2.13. The number of halogens is 2. The first-order valence-electron chi connectivity index (χ1n) is 4.85. The maximum Gasteiger partial charge on any atom is 0.274 e. The Morgan fingerprint density at radius 1 is 1.14 bits per heavy atom. The van der Waals surface area contributed by atoms with Gasteiger partial charge >= 0.3 is 0 Å². The van der Waals surface area contributed by atoms with Gasteiger partial charge in [0.2, 0.25) is 0 Å². The van der Waals surface area contributed by atoms with Crippen LogP contribution in [0.1, 0.15) is 31.7 Å². The topological polar surface area (TPSA) is 0 Å². The molecule has 0 radical (unpaired) electrons. The molecule has 1 rings (SSSR count). The van der Waals surface area contributed by atoms with Crippen molar-refractivity contribution in [2.24, 2.45) is 0 Å². The monoisotopic (exact) mass is 196 g/mol. The first-order chi connectivity index (χ1) is 6.75. The Kier molecular flexibility index (Phi) is 4.30. The van der Waals surface area contributed by atoms with Gasteiger partial charge in [-0.1, -0.05) is 43.7 Å². The third-order valence-electron chi connectivity index (χ3n) is 2.13. The minimum Gasteiger partial charge on any atom is -0.173 e. The van der Waals surface area contributed by atoms with Crippen LogP contribution in [-0.2, 0) is 0 Å². The van der Waals surface area contributed by atoms with Crippen LogP contribution in [0.3, 0.4) is 0 Å². The fourth-order valence-corrected chi connectivity index (χ4v) is 1.34. The van der Waals surface area contributed by atoms with Crippen LogP contribution >= 0.6 is 0 Å². The van der Waals surface area contributed by atoms with Crippen molar-refractivity contribution in [2.45, 2.75) is 26.2 Å². The van der Waals surface area contributed by atoms with Gasteiger partial charge in [-0.05, 0) is 18.4 Å². The molecule has 14 heavy (non-hydrogen) atoms. The zero-order valence-corrected chi connectivity index (χ0v) is 8.26. The first kappa shape index (κ1) is 10.9. The summed E-state index contributed by atoms with van der Waals surface area (Å²) in [7, 11) is 0. The fourth-order valence-electron chi connectivity index (χ4n) is 1.34. The molecule has 0 saturated heterocycles. The van der Waals surface area contributed by atoms with Gasteiger partial charge in [-0.15, -0.1) is 0 Å². The van der Waals surface area contributed by atoms with Gasteiger partial charge in [0.25, 0.3) is 6.08 Å². The molecule has 0 amide bonds. The highest BCUT2D eigenvalue weighted by Gasteiger charge is 2.07. The van der Waals surface area contributed by atoms with Crippen molar-refractivity contribution in [2.75, 3.05) is 0 Å². The Hall–Kier alpha value is -1.18. The summed E-state index contributed by atoms with van der Waals surface area (Å²) in [5, 5.41) is 0. The SMILES string of the molecule is CCCCC(=C(F)F)c1ccccc1. The van der Waals surface area contributed by atoms with E-state index >= 15 is 0 Å². The van der Waals surface area contributed by atoms with Crippen LogP contribution in [0, 0.1) is 0 Å². The molecule has 0 fully saturated rings. The van der Waals surface area contributed by atoms with Crippen molar-refractivity contribution in [1.82, 2.24) is 0 Å². The van der Waals surface area contributed by atoms with Crippen LogP contribution in [-0.4, -0.2) is 0 Å².